The number of halogens is 1. The SMILES string of the molecule is COc1cc2c(cc1OCCCCCBr)NC[C@@H]1CC(c3ccc(N4CCN(C(=O)OC(C)(C)C)CC4)cc3)=CN1C2=O. The Morgan fingerprint density at radius 2 is 1.77 bits per heavy atom. The van der Waals surface area contributed by atoms with Crippen LogP contribution < -0.4 is 19.7 Å². The first-order valence-corrected chi connectivity index (χ1v) is 16.3. The highest BCUT2D eigenvalue weighted by atomic mass is 79.9. The summed E-state index contributed by atoms with van der Waals surface area (Å²) in [5.41, 5.74) is 4.25. The molecule has 2 aromatic carbocycles. The zero-order valence-corrected chi connectivity index (χ0v) is 27.2. The topological polar surface area (TPSA) is 83.6 Å². The largest absolute Gasteiger partial charge is 0.493 e. The fourth-order valence-corrected chi connectivity index (χ4v) is 6.10. The average Bonchev–Trinajstić information content (AvgIpc) is 3.38. The number of carbonyl (C=O) groups is 2. The van der Waals surface area contributed by atoms with E-state index in [1.165, 1.54) is 0 Å². The summed E-state index contributed by atoms with van der Waals surface area (Å²) in [5.74, 6) is 1.19. The number of unbranched alkanes of at least 4 members (excludes halogenated alkanes) is 2. The van der Waals surface area contributed by atoms with Gasteiger partial charge in [0.1, 0.15) is 5.60 Å². The van der Waals surface area contributed by atoms with E-state index in [9.17, 15) is 9.59 Å². The molecule has 3 heterocycles. The van der Waals surface area contributed by atoms with Crippen molar-refractivity contribution < 1.29 is 23.8 Å². The standard InChI is InChI=1S/C33H43BrN4O5/c1-33(2,3)43-32(40)37-15-13-36(14-16-37)25-10-8-23(9-11-25)24-18-26-21-35-28-20-30(42-17-7-5-6-12-34)29(41-4)19-27(28)31(39)38(26)22-24/h8-11,19-20,22,26,35H,5-7,12-18,21H2,1-4H3/t26-/m0/s1. The van der Waals surface area contributed by atoms with Crippen LogP contribution in [0, 0.1) is 0 Å². The Morgan fingerprint density at radius 3 is 2.44 bits per heavy atom. The maximum absolute atomic E-state index is 13.7. The molecule has 3 aliphatic heterocycles. The fraction of sp³-hybridized carbons (Fsp3) is 0.515. The van der Waals surface area contributed by atoms with Crippen LogP contribution in [0.15, 0.2) is 42.6 Å². The highest BCUT2D eigenvalue weighted by Crippen LogP contribution is 2.39. The van der Waals surface area contributed by atoms with Crippen LogP contribution in [0.4, 0.5) is 16.2 Å². The smallest absolute Gasteiger partial charge is 0.410 e. The number of nitrogens with zero attached hydrogens (tertiary/aromatic N) is 3. The summed E-state index contributed by atoms with van der Waals surface area (Å²) in [6, 6.07) is 12.2. The summed E-state index contributed by atoms with van der Waals surface area (Å²) in [7, 11) is 1.61. The third-order valence-corrected chi connectivity index (χ3v) is 8.57. The van der Waals surface area contributed by atoms with Crippen LogP contribution in [-0.2, 0) is 4.74 Å². The lowest BCUT2D eigenvalue weighted by molar-refractivity contribution is 0.0240. The first kappa shape index (κ1) is 31.0. The molecular weight excluding hydrogens is 612 g/mol. The molecule has 2 amide bonds. The Kier molecular flexibility index (Phi) is 9.74. The molecule has 43 heavy (non-hydrogen) atoms. The number of carbonyl (C=O) groups excluding carboxylic acids is 2. The number of hydrogen-bond donors (Lipinski definition) is 1. The molecule has 10 heteroatoms. The highest BCUT2D eigenvalue weighted by molar-refractivity contribution is 9.09. The lowest BCUT2D eigenvalue weighted by atomic mass is 10.0. The van der Waals surface area contributed by atoms with Gasteiger partial charge in [-0.1, -0.05) is 28.1 Å². The van der Waals surface area contributed by atoms with Gasteiger partial charge in [0, 0.05) is 56.0 Å². The first-order chi connectivity index (χ1) is 20.7. The van der Waals surface area contributed by atoms with Gasteiger partial charge in [-0.15, -0.1) is 0 Å². The van der Waals surface area contributed by atoms with Gasteiger partial charge in [0.15, 0.2) is 11.5 Å². The summed E-state index contributed by atoms with van der Waals surface area (Å²) < 4.78 is 17.2. The van der Waals surface area contributed by atoms with E-state index < -0.39 is 5.60 Å². The van der Waals surface area contributed by atoms with Gasteiger partial charge in [0.05, 0.1) is 31.0 Å². The van der Waals surface area contributed by atoms with Crippen molar-refractivity contribution in [3.63, 3.8) is 0 Å². The van der Waals surface area contributed by atoms with E-state index in [1.807, 2.05) is 37.9 Å². The number of rotatable bonds is 9. The molecule has 1 N–H and O–H groups in total. The van der Waals surface area contributed by atoms with Crippen molar-refractivity contribution in [3.05, 3.63) is 53.7 Å². The second-order valence-corrected chi connectivity index (χ2v) is 13.0. The molecule has 1 atom stereocenters. The van der Waals surface area contributed by atoms with Gasteiger partial charge >= 0.3 is 6.09 Å². The molecule has 9 nitrogen and oxygen atoms in total. The molecule has 2 aromatic rings. The Hall–Kier alpha value is -3.40. The Morgan fingerprint density at radius 1 is 1.02 bits per heavy atom. The van der Waals surface area contributed by atoms with E-state index >= 15 is 0 Å². The molecule has 1 saturated heterocycles. The number of piperazine rings is 1. The molecule has 0 aromatic heterocycles. The number of alkyl halides is 1. The number of amides is 2. The van der Waals surface area contributed by atoms with Gasteiger partial charge in [0.25, 0.3) is 5.91 Å². The number of nitrogens with one attached hydrogen (secondary N) is 1. The molecule has 0 spiro atoms. The number of methoxy groups -OCH3 is 1. The number of ether oxygens (including phenoxy) is 3. The monoisotopic (exact) mass is 654 g/mol. The van der Waals surface area contributed by atoms with Crippen molar-refractivity contribution in [3.8, 4) is 11.5 Å². The minimum absolute atomic E-state index is 0.0233. The number of fused-ring (bicyclic) bond motifs is 2. The first-order valence-electron chi connectivity index (χ1n) is 15.2. The number of anilines is 2. The normalized spacial score (nSPS) is 18.3. The van der Waals surface area contributed by atoms with E-state index in [2.05, 4.69) is 50.4 Å². The molecule has 0 unspecified atom stereocenters. The number of hydrogen-bond acceptors (Lipinski definition) is 7. The molecule has 232 valence electrons. The lowest BCUT2D eigenvalue weighted by Gasteiger charge is -2.36. The van der Waals surface area contributed by atoms with Crippen LogP contribution in [-0.4, -0.2) is 85.2 Å². The predicted octanol–water partition coefficient (Wildman–Crippen LogP) is 6.38. The van der Waals surface area contributed by atoms with Gasteiger partial charge in [0.2, 0.25) is 0 Å². The fourth-order valence-electron chi connectivity index (χ4n) is 5.70. The summed E-state index contributed by atoms with van der Waals surface area (Å²) >= 11 is 3.47. The van der Waals surface area contributed by atoms with Crippen LogP contribution in [0.25, 0.3) is 5.57 Å². The Labute approximate surface area is 263 Å². The van der Waals surface area contributed by atoms with Crippen molar-refractivity contribution in [2.75, 3.05) is 62.0 Å². The third kappa shape index (κ3) is 7.40. The summed E-state index contributed by atoms with van der Waals surface area (Å²) in [4.78, 5) is 32.1. The third-order valence-electron chi connectivity index (χ3n) is 8.01. The van der Waals surface area contributed by atoms with E-state index in [0.29, 0.717) is 43.3 Å². The van der Waals surface area contributed by atoms with Crippen LogP contribution in [0.1, 0.15) is 62.4 Å². The molecule has 0 bridgehead atoms. The second kappa shape index (κ2) is 13.5. The van der Waals surface area contributed by atoms with Crippen LogP contribution in [0.5, 0.6) is 11.5 Å². The van der Waals surface area contributed by atoms with Crippen LogP contribution in [0.2, 0.25) is 0 Å². The minimum atomic E-state index is -0.492. The van der Waals surface area contributed by atoms with Crippen LogP contribution in [0.3, 0.4) is 0 Å². The van der Waals surface area contributed by atoms with Crippen molar-refractivity contribution in [2.45, 2.75) is 58.1 Å². The van der Waals surface area contributed by atoms with Crippen molar-refractivity contribution in [1.29, 1.82) is 0 Å². The second-order valence-electron chi connectivity index (χ2n) is 12.3. The molecule has 1 fully saturated rings. The van der Waals surface area contributed by atoms with Gasteiger partial charge in [-0.2, -0.15) is 0 Å². The minimum Gasteiger partial charge on any atom is -0.493 e. The maximum atomic E-state index is 13.7. The van der Waals surface area contributed by atoms with Gasteiger partial charge in [-0.05, 0) is 75.8 Å². The average molecular weight is 656 g/mol. The lowest BCUT2D eigenvalue weighted by Crippen LogP contribution is -2.50. The van der Waals surface area contributed by atoms with Crippen molar-refractivity contribution >= 4 is 44.9 Å². The number of benzene rings is 2. The van der Waals surface area contributed by atoms with Crippen molar-refractivity contribution in [2.24, 2.45) is 0 Å². The van der Waals surface area contributed by atoms with E-state index in [1.54, 1.807) is 18.1 Å². The molecule has 5 rings (SSSR count). The Balaban J connectivity index is 1.23. The van der Waals surface area contributed by atoms with Gasteiger partial charge in [-0.25, -0.2) is 4.79 Å². The molecule has 0 aliphatic carbocycles. The van der Waals surface area contributed by atoms with Crippen molar-refractivity contribution in [1.82, 2.24) is 9.80 Å². The molecular formula is C33H43BrN4O5. The van der Waals surface area contributed by atoms with E-state index in [-0.39, 0.29) is 18.0 Å². The van der Waals surface area contributed by atoms with E-state index in [4.69, 9.17) is 14.2 Å². The van der Waals surface area contributed by atoms with Crippen LogP contribution >= 0.6 is 15.9 Å². The molecule has 0 radical (unpaired) electrons. The molecule has 0 saturated carbocycles. The van der Waals surface area contributed by atoms with Gasteiger partial charge in [-0.3, -0.25) is 4.79 Å². The zero-order valence-electron chi connectivity index (χ0n) is 25.7. The summed E-state index contributed by atoms with van der Waals surface area (Å²) in [5, 5.41) is 4.49. The quantitative estimate of drug-likeness (QED) is 0.248. The predicted molar refractivity (Wildman–Crippen MR) is 174 cm³/mol. The summed E-state index contributed by atoms with van der Waals surface area (Å²) in [6.45, 7) is 9.69. The highest BCUT2D eigenvalue weighted by Gasteiger charge is 2.35. The van der Waals surface area contributed by atoms with Gasteiger partial charge < -0.3 is 34.2 Å². The summed E-state index contributed by atoms with van der Waals surface area (Å²) in [6.07, 6.45) is 5.70. The molecule has 3 aliphatic rings. The van der Waals surface area contributed by atoms with E-state index in [0.717, 1.165) is 66.6 Å². The Bertz CT molecular complexity index is 1330. The maximum Gasteiger partial charge on any atom is 0.410 e. The zero-order chi connectivity index (χ0) is 30.6.